The summed E-state index contributed by atoms with van der Waals surface area (Å²) in [5, 5.41) is 0. The van der Waals surface area contributed by atoms with Crippen molar-refractivity contribution in [3.63, 3.8) is 0 Å². The summed E-state index contributed by atoms with van der Waals surface area (Å²) in [7, 11) is -16.9. The number of hydrogen-bond donors (Lipinski definition) is 2. The second-order valence-corrected chi connectivity index (χ2v) is 56.5. The predicted octanol–water partition coefficient (Wildman–Crippen LogP) is 23.8. The van der Waals surface area contributed by atoms with Gasteiger partial charge in [-0.25, -0.2) is 54.2 Å². The van der Waals surface area contributed by atoms with Crippen LogP contribution in [0.5, 0.6) is 0 Å². The van der Waals surface area contributed by atoms with Crippen molar-refractivity contribution >= 4 is 86.6 Å². The van der Waals surface area contributed by atoms with E-state index in [1.54, 1.807) is 0 Å². The van der Waals surface area contributed by atoms with E-state index in [9.17, 15) is 0 Å². The summed E-state index contributed by atoms with van der Waals surface area (Å²) >= 11 is 0. The lowest BCUT2D eigenvalue weighted by atomic mass is 11.0. The molecule has 4 heterocycles. The monoisotopic (exact) mass is 1140 g/mol. The van der Waals surface area contributed by atoms with Crippen molar-refractivity contribution in [2.75, 3.05) is 153 Å². The van der Waals surface area contributed by atoms with Crippen molar-refractivity contribution in [1.29, 1.82) is 0 Å². The van der Waals surface area contributed by atoms with Crippen LogP contribution in [-0.2, 0) is 0 Å². The Labute approximate surface area is 406 Å². The number of hydrogen-bond acceptors (Lipinski definition) is 14. The van der Waals surface area contributed by atoms with E-state index in [0.717, 1.165) is 0 Å². The van der Waals surface area contributed by atoms with Gasteiger partial charge in [-0.15, -0.1) is 0 Å². The summed E-state index contributed by atoms with van der Waals surface area (Å²) in [6.45, 7) is 65.6. The summed E-state index contributed by atoms with van der Waals surface area (Å²) in [5.41, 5.74) is 2.51. The molecule has 0 bridgehead atoms. The van der Waals surface area contributed by atoms with Crippen LogP contribution in [0.25, 0.3) is 0 Å². The van der Waals surface area contributed by atoms with Gasteiger partial charge < -0.3 is 6.14 Å². The van der Waals surface area contributed by atoms with Crippen LogP contribution in [0.3, 0.4) is 0 Å². The summed E-state index contributed by atoms with van der Waals surface area (Å²) in [5.74, 6) is 0. The van der Waals surface area contributed by atoms with Gasteiger partial charge in [0.25, 0.3) is 0 Å². The van der Waals surface area contributed by atoms with Crippen LogP contribution >= 0.6 is 86.6 Å². The molecule has 14 nitrogen and oxygen atoms in total. The molecule has 0 amide bonds. The van der Waals surface area contributed by atoms with Gasteiger partial charge in [0, 0.05) is 6.66 Å². The third kappa shape index (κ3) is 45.6. The number of nitrogens with two attached hydrogens (primary N) is 1. The minimum atomic E-state index is -1.92. The van der Waals surface area contributed by atoms with E-state index in [1.165, 1.54) is 0 Å². The second kappa shape index (κ2) is 34.9. The Kier molecular flexibility index (Phi) is 47.4. The van der Waals surface area contributed by atoms with Gasteiger partial charge in [0.15, 0.2) is 0 Å². The molecule has 26 heteroatoms. The first kappa shape index (κ1) is 85.5. The average molecular weight is 1140 g/mol. The van der Waals surface area contributed by atoms with Crippen molar-refractivity contribution < 1.29 is 2.82 Å². The summed E-state index contributed by atoms with van der Waals surface area (Å²) in [6.07, 6.45) is 3.75. The molecule has 63 heavy (non-hydrogen) atoms. The minimum absolute atomic E-state index is 0. The molecule has 0 aromatic rings. The quantitative estimate of drug-likeness (QED) is 0.246. The number of nitrogens with zero attached hydrogens (tertiary/aromatic N) is 12. The Morgan fingerprint density at radius 2 is 0.333 bits per heavy atom. The van der Waals surface area contributed by atoms with Gasteiger partial charge in [-0.2, -0.15) is 0 Å². The fourth-order valence-electron chi connectivity index (χ4n) is 6.42. The average Bonchev–Trinajstić information content (AvgIpc) is 2.94. The van der Waals surface area contributed by atoms with E-state index >= 15 is 0 Å². The summed E-state index contributed by atoms with van der Waals surface area (Å²) in [4.78, 5) is 0. The highest BCUT2D eigenvalue weighted by Gasteiger charge is 2.23. The van der Waals surface area contributed by atoms with Crippen molar-refractivity contribution in [3.8, 4) is 0 Å². The maximum Gasteiger partial charge on any atom is 0.137 e. The van der Waals surface area contributed by atoms with Crippen LogP contribution in [0.1, 0.15) is 99.9 Å². The zero-order chi connectivity index (χ0) is 49.2. The topological polar surface area (TPSA) is 209 Å². The molecule has 0 fully saturated rings. The van der Waals surface area contributed by atoms with Crippen molar-refractivity contribution in [3.05, 3.63) is 0 Å². The first-order valence-corrected chi connectivity index (χ1v) is 49.9. The molecule has 4 rings (SSSR count). The second-order valence-electron chi connectivity index (χ2n) is 16.7. The maximum absolute atomic E-state index is 7.25. The van der Waals surface area contributed by atoms with Gasteiger partial charge in [0.2, 0.25) is 0 Å². The highest BCUT2D eigenvalue weighted by Crippen LogP contribution is 2.74. The van der Waals surface area contributed by atoms with Gasteiger partial charge in [-0.1, -0.05) is 99.9 Å². The van der Waals surface area contributed by atoms with Crippen LogP contribution in [0.2, 0.25) is 2.82 Å². The van der Waals surface area contributed by atoms with E-state index in [2.05, 4.69) is 172 Å². The number of rotatable bonds is 1. The zero-order valence-corrected chi connectivity index (χ0v) is 53.5. The molecule has 400 valence electrons. The summed E-state index contributed by atoms with van der Waals surface area (Å²) in [6, 6.07) is 0. The molecule has 1 unspecified atom stereocenters. The van der Waals surface area contributed by atoms with E-state index in [1.807, 2.05) is 62.1 Å². The van der Waals surface area contributed by atoms with Crippen LogP contribution < -0.4 is 11.6 Å². The normalized spacial score (nSPS) is 24.7. The Balaban J connectivity index is -0.0000000605. The first-order valence-electron chi connectivity index (χ1n) is 20.4. The maximum atomic E-state index is 7.25. The molecule has 0 saturated heterocycles. The van der Waals surface area contributed by atoms with Crippen molar-refractivity contribution in [2.24, 2.45) is 59.7 Å². The Morgan fingerprint density at radius 3 is 0.429 bits per heavy atom. The third-order valence-electron chi connectivity index (χ3n) is 5.16. The van der Waals surface area contributed by atoms with Gasteiger partial charge in [-0.05, 0) is 147 Å². The Bertz CT molecular complexity index is 1620. The van der Waals surface area contributed by atoms with E-state index in [0.29, 0.717) is 0 Å². The Morgan fingerprint density at radius 1 is 0.238 bits per heavy atom. The van der Waals surface area contributed by atoms with Gasteiger partial charge in [-0.3, -0.25) is 5.50 Å². The van der Waals surface area contributed by atoms with Crippen LogP contribution in [0.4, 0.5) is 0 Å². The fourth-order valence-corrected chi connectivity index (χ4v) is 61.7. The first-order chi connectivity index (χ1) is 26.0. The lowest BCUT2D eigenvalue weighted by molar-refractivity contribution is 1.50. The van der Waals surface area contributed by atoms with Crippen molar-refractivity contribution in [2.45, 2.75) is 99.9 Å². The highest BCUT2D eigenvalue weighted by molar-refractivity contribution is 7.88. The molecule has 0 spiro atoms. The highest BCUT2D eigenvalue weighted by atomic mass is 31.3. The van der Waals surface area contributed by atoms with Gasteiger partial charge in [0.1, 0.15) is 10.2 Å². The third-order valence-corrected chi connectivity index (χ3v) is 46.5. The molecular weight excluding hydrogens is 1010 g/mol. The molecule has 4 aliphatic rings. The van der Waals surface area contributed by atoms with Crippen LogP contribution in [0.15, 0.2) is 54.2 Å². The minimum Gasteiger partial charge on any atom is -0.344 e. The Hall–Kier alpha value is 2.68. The largest absolute Gasteiger partial charge is 0.344 e. The van der Waals surface area contributed by atoms with E-state index in [4.69, 9.17) is 43.5 Å². The fraction of sp³-hybridized carbons (Fsp3) is 1.00. The van der Waals surface area contributed by atoms with E-state index in [-0.39, 0.29) is 44.6 Å². The molecule has 0 aliphatic carbocycles. The molecule has 4 aliphatic heterocycles. The molecule has 5 N–H and O–H groups in total. The summed E-state index contributed by atoms with van der Waals surface area (Å²) < 4.78 is 69.2. The molecule has 0 saturated carbocycles. The molecular formula is C37H122N14P12. The smallest absolute Gasteiger partial charge is 0.137 e. The van der Waals surface area contributed by atoms with Gasteiger partial charge >= 0.3 is 0 Å². The molecule has 1 atom stereocenters. The lowest BCUT2D eigenvalue weighted by Gasteiger charge is -2.26. The van der Waals surface area contributed by atoms with Crippen LogP contribution in [-0.4, -0.2) is 153 Å². The lowest BCUT2D eigenvalue weighted by Crippen LogP contribution is -1.92. The molecule has 0 radical (unpaired) electrons. The molecule has 0 aromatic heterocycles. The SMILES string of the molecule is C.C.C.C.C.C.CC.CC.CC.CC.CP1(C)=NP(C)(C)=NP(C)(C)=N1.CP1(C)=NP(C)(C)=NP(C)(C)=N1.CP1(C)=NP(C)(C)=NP(C)(C)=N1.[3H]N.[3H]NP1(C)=NP(C)(C)=NP(C)(C)=N1. The zero-order valence-electron chi connectivity index (χ0n) is 44.8. The van der Waals surface area contributed by atoms with Crippen molar-refractivity contribution in [1.82, 2.24) is 6.14 Å². The van der Waals surface area contributed by atoms with Gasteiger partial charge in [0.05, 0.1) is 79.3 Å². The standard InChI is InChI=1S/3C6H18N3P3.C5H17N4P3.4C2H6.6CH4.H3N/c4*1-10(2)7-11(3,4)9-12(5,6)8-10;4*1-2;;;;;;;/h3*1-6H3;6H2,1-5H3;4*1-2H3;6*1H4;1H3/i/hT2. The van der Waals surface area contributed by atoms with E-state index < -0.39 is 86.6 Å². The van der Waals surface area contributed by atoms with Crippen LogP contribution in [0, 0.1) is 0 Å². The predicted molar refractivity (Wildman–Crippen MR) is 343 cm³/mol. The molecule has 0 aromatic carbocycles.